The minimum atomic E-state index is -0.478. The van der Waals surface area contributed by atoms with Gasteiger partial charge in [0.05, 0.1) is 25.3 Å². The highest BCUT2D eigenvalue weighted by atomic mass is 16.5. The summed E-state index contributed by atoms with van der Waals surface area (Å²) >= 11 is 0. The molecule has 0 bridgehead atoms. The molecule has 5 heteroatoms. The van der Waals surface area contributed by atoms with E-state index in [1.54, 1.807) is 26.5 Å². The van der Waals surface area contributed by atoms with Gasteiger partial charge in [-0.25, -0.2) is 0 Å². The lowest BCUT2D eigenvalue weighted by molar-refractivity contribution is -0.124. The highest BCUT2D eigenvalue weighted by molar-refractivity contribution is 5.92. The van der Waals surface area contributed by atoms with Crippen molar-refractivity contribution in [3.8, 4) is 5.75 Å². The van der Waals surface area contributed by atoms with Gasteiger partial charge in [0.1, 0.15) is 17.6 Å². The van der Waals surface area contributed by atoms with Gasteiger partial charge >= 0.3 is 0 Å². The maximum atomic E-state index is 12.7. The quantitative estimate of drug-likeness (QED) is 0.853. The van der Waals surface area contributed by atoms with Crippen LogP contribution < -0.4 is 10.1 Å². The zero-order valence-corrected chi connectivity index (χ0v) is 13.4. The van der Waals surface area contributed by atoms with Crippen molar-refractivity contribution in [2.24, 2.45) is 0 Å². The second kappa shape index (κ2) is 6.46. The molecule has 0 spiro atoms. The second-order valence-electron chi connectivity index (χ2n) is 5.73. The molecule has 1 unspecified atom stereocenters. The van der Waals surface area contributed by atoms with Crippen LogP contribution in [0.25, 0.3) is 0 Å². The number of furan rings is 1. The number of hydrogen-bond acceptors (Lipinski definition) is 4. The van der Waals surface area contributed by atoms with Crippen LogP contribution in [0.5, 0.6) is 5.75 Å². The molecule has 1 heterocycles. The number of carbonyl (C=O) groups is 1. The molecule has 1 aliphatic rings. The molecule has 2 aromatic rings. The Labute approximate surface area is 135 Å². The van der Waals surface area contributed by atoms with Gasteiger partial charge < -0.3 is 19.2 Å². The molecule has 1 saturated carbocycles. The van der Waals surface area contributed by atoms with E-state index in [4.69, 9.17) is 13.9 Å². The molecule has 1 fully saturated rings. The van der Waals surface area contributed by atoms with Crippen LogP contribution in [0.4, 0.5) is 0 Å². The molecular weight excluding hydrogens is 294 g/mol. The van der Waals surface area contributed by atoms with E-state index in [0.29, 0.717) is 12.3 Å². The molecule has 122 valence electrons. The molecule has 1 aliphatic carbocycles. The summed E-state index contributed by atoms with van der Waals surface area (Å²) in [5.41, 5.74) is 0.473. The molecule has 1 amide bonds. The molecular formula is C18H21NO4. The van der Waals surface area contributed by atoms with Crippen molar-refractivity contribution in [1.82, 2.24) is 5.32 Å². The zero-order chi connectivity index (χ0) is 16.3. The molecule has 0 saturated heterocycles. The van der Waals surface area contributed by atoms with Crippen LogP contribution in [0.3, 0.4) is 0 Å². The summed E-state index contributed by atoms with van der Waals surface area (Å²) in [4.78, 5) is 12.7. The van der Waals surface area contributed by atoms with Crippen molar-refractivity contribution in [3.63, 3.8) is 0 Å². The maximum Gasteiger partial charge on any atom is 0.230 e. The third-order valence-corrected chi connectivity index (χ3v) is 4.40. The Bertz CT molecular complexity index is 661. The van der Waals surface area contributed by atoms with Crippen LogP contribution in [-0.2, 0) is 14.9 Å². The fourth-order valence-corrected chi connectivity index (χ4v) is 2.91. The Balaban J connectivity index is 1.70. The molecule has 3 rings (SSSR count). The fourth-order valence-electron chi connectivity index (χ4n) is 2.91. The molecule has 1 N–H and O–H groups in total. The molecule has 5 nitrogen and oxygen atoms in total. The van der Waals surface area contributed by atoms with Gasteiger partial charge in [-0.15, -0.1) is 0 Å². The second-order valence-corrected chi connectivity index (χ2v) is 5.73. The average molecular weight is 315 g/mol. The van der Waals surface area contributed by atoms with Gasteiger partial charge in [0.25, 0.3) is 0 Å². The van der Waals surface area contributed by atoms with Gasteiger partial charge in [-0.3, -0.25) is 4.79 Å². The van der Waals surface area contributed by atoms with E-state index in [1.807, 2.05) is 30.3 Å². The summed E-state index contributed by atoms with van der Waals surface area (Å²) in [6.45, 7) is 0.375. The normalized spacial score (nSPS) is 16.6. The number of amides is 1. The van der Waals surface area contributed by atoms with Crippen molar-refractivity contribution in [2.75, 3.05) is 20.8 Å². The number of carbonyl (C=O) groups excluding carboxylic acids is 1. The number of hydrogen-bond donors (Lipinski definition) is 1. The van der Waals surface area contributed by atoms with Gasteiger partial charge in [0, 0.05) is 12.7 Å². The molecule has 0 aliphatic heterocycles. The summed E-state index contributed by atoms with van der Waals surface area (Å²) < 4.78 is 16.1. The van der Waals surface area contributed by atoms with E-state index in [9.17, 15) is 4.79 Å². The first kappa shape index (κ1) is 15.6. The van der Waals surface area contributed by atoms with Crippen molar-refractivity contribution < 1.29 is 18.7 Å². The highest BCUT2D eigenvalue weighted by Crippen LogP contribution is 2.51. The Kier molecular flexibility index (Phi) is 4.39. The Morgan fingerprint density at radius 3 is 2.65 bits per heavy atom. The van der Waals surface area contributed by atoms with E-state index in [1.165, 1.54) is 0 Å². The molecule has 0 radical (unpaired) electrons. The topological polar surface area (TPSA) is 60.7 Å². The minimum Gasteiger partial charge on any atom is -0.496 e. The van der Waals surface area contributed by atoms with Crippen molar-refractivity contribution in [3.05, 3.63) is 54.0 Å². The Morgan fingerprint density at radius 2 is 2.04 bits per heavy atom. The summed E-state index contributed by atoms with van der Waals surface area (Å²) in [7, 11) is 3.23. The first-order chi connectivity index (χ1) is 11.2. The summed E-state index contributed by atoms with van der Waals surface area (Å²) in [5.74, 6) is 1.47. The van der Waals surface area contributed by atoms with Gasteiger partial charge in [0.2, 0.25) is 5.91 Å². The standard InChI is InChI=1S/C18H21NO4/c1-21-14-7-4-3-6-13(14)18(9-10-18)17(20)19-12-16(22-2)15-8-5-11-23-15/h3-8,11,16H,9-10,12H2,1-2H3,(H,19,20). The van der Waals surface area contributed by atoms with Crippen LogP contribution in [0, 0.1) is 0 Å². The molecule has 1 aromatic heterocycles. The third kappa shape index (κ3) is 2.97. The number of para-hydroxylation sites is 1. The summed E-state index contributed by atoms with van der Waals surface area (Å²) in [6, 6.07) is 11.4. The van der Waals surface area contributed by atoms with E-state index in [-0.39, 0.29) is 12.0 Å². The van der Waals surface area contributed by atoms with Crippen LogP contribution in [0.2, 0.25) is 0 Å². The SMILES string of the molecule is COc1ccccc1C1(C(=O)NCC(OC)c2ccco2)CC1. The Hall–Kier alpha value is -2.27. The van der Waals surface area contributed by atoms with E-state index < -0.39 is 5.41 Å². The fraction of sp³-hybridized carbons (Fsp3) is 0.389. The van der Waals surface area contributed by atoms with Gasteiger partial charge in [-0.05, 0) is 31.0 Å². The molecule has 23 heavy (non-hydrogen) atoms. The van der Waals surface area contributed by atoms with E-state index in [2.05, 4.69) is 5.32 Å². The Morgan fingerprint density at radius 1 is 1.26 bits per heavy atom. The van der Waals surface area contributed by atoms with Crippen LogP contribution >= 0.6 is 0 Å². The van der Waals surface area contributed by atoms with Gasteiger partial charge in [0.15, 0.2) is 0 Å². The predicted octanol–water partition coefficient (Wildman–Crippen LogP) is 2.82. The van der Waals surface area contributed by atoms with Gasteiger partial charge in [-0.2, -0.15) is 0 Å². The largest absolute Gasteiger partial charge is 0.496 e. The van der Waals surface area contributed by atoms with E-state index >= 15 is 0 Å². The molecule has 1 atom stereocenters. The first-order valence-corrected chi connectivity index (χ1v) is 7.69. The van der Waals surface area contributed by atoms with Crippen LogP contribution in [-0.4, -0.2) is 26.7 Å². The number of ether oxygens (including phenoxy) is 2. The number of methoxy groups -OCH3 is 2. The van der Waals surface area contributed by atoms with E-state index in [0.717, 1.165) is 24.2 Å². The lowest BCUT2D eigenvalue weighted by atomic mass is 9.94. The highest BCUT2D eigenvalue weighted by Gasteiger charge is 2.52. The number of nitrogens with one attached hydrogen (secondary N) is 1. The van der Waals surface area contributed by atoms with Crippen molar-refractivity contribution >= 4 is 5.91 Å². The predicted molar refractivity (Wildman–Crippen MR) is 85.4 cm³/mol. The lowest BCUT2D eigenvalue weighted by Crippen LogP contribution is -2.37. The van der Waals surface area contributed by atoms with Crippen LogP contribution in [0.15, 0.2) is 47.1 Å². The maximum absolute atomic E-state index is 12.7. The van der Waals surface area contributed by atoms with Gasteiger partial charge in [-0.1, -0.05) is 18.2 Å². The first-order valence-electron chi connectivity index (χ1n) is 7.69. The van der Waals surface area contributed by atoms with Crippen LogP contribution in [0.1, 0.15) is 30.3 Å². The monoisotopic (exact) mass is 315 g/mol. The zero-order valence-electron chi connectivity index (χ0n) is 13.4. The molecule has 1 aromatic carbocycles. The van der Waals surface area contributed by atoms with Crippen molar-refractivity contribution in [1.29, 1.82) is 0 Å². The third-order valence-electron chi connectivity index (χ3n) is 4.40. The summed E-state index contributed by atoms with van der Waals surface area (Å²) in [6.07, 6.45) is 2.97. The average Bonchev–Trinajstić information content (AvgIpc) is 3.23. The number of rotatable bonds is 7. The smallest absolute Gasteiger partial charge is 0.230 e. The lowest BCUT2D eigenvalue weighted by Gasteiger charge is -2.20. The number of benzene rings is 1. The minimum absolute atomic E-state index is 0.00982. The summed E-state index contributed by atoms with van der Waals surface area (Å²) in [5, 5.41) is 3.00. The van der Waals surface area contributed by atoms with Crippen molar-refractivity contribution in [2.45, 2.75) is 24.4 Å².